The summed E-state index contributed by atoms with van der Waals surface area (Å²) in [5.41, 5.74) is 2.38. The number of nitrogens with one attached hydrogen (secondary N) is 1. The molecule has 1 atom stereocenters. The number of benzene rings is 1. The summed E-state index contributed by atoms with van der Waals surface area (Å²) in [7, 11) is 0. The van der Waals surface area contributed by atoms with Gasteiger partial charge in [0.2, 0.25) is 5.91 Å². The third kappa shape index (κ3) is 3.44. The van der Waals surface area contributed by atoms with Gasteiger partial charge >= 0.3 is 0 Å². The summed E-state index contributed by atoms with van der Waals surface area (Å²) in [6.45, 7) is 2.53. The predicted octanol–water partition coefficient (Wildman–Crippen LogP) is 3.31. The van der Waals surface area contributed by atoms with Crippen LogP contribution in [-0.2, 0) is 11.3 Å². The first-order chi connectivity index (χ1) is 14.6. The number of fused-ring (bicyclic) bond motifs is 2. The summed E-state index contributed by atoms with van der Waals surface area (Å²) in [5.74, 6) is 0.586. The van der Waals surface area contributed by atoms with Crippen molar-refractivity contribution in [1.29, 1.82) is 0 Å². The average Bonchev–Trinajstić information content (AvgIpc) is 3.47. The van der Waals surface area contributed by atoms with Crippen LogP contribution in [0.5, 0.6) is 0 Å². The minimum Gasteiger partial charge on any atom is -0.351 e. The Bertz CT molecular complexity index is 1290. The molecule has 0 fully saturated rings. The third-order valence-electron chi connectivity index (χ3n) is 5.08. The molecule has 0 spiro atoms. The molecule has 9 heteroatoms. The second kappa shape index (κ2) is 7.73. The van der Waals surface area contributed by atoms with Crippen molar-refractivity contribution in [2.45, 2.75) is 31.1 Å². The molecule has 4 aromatic rings. The van der Waals surface area contributed by atoms with E-state index >= 15 is 0 Å². The molecule has 30 heavy (non-hydrogen) atoms. The van der Waals surface area contributed by atoms with Gasteiger partial charge in [-0.25, -0.2) is 9.67 Å². The van der Waals surface area contributed by atoms with Crippen LogP contribution < -0.4 is 10.9 Å². The van der Waals surface area contributed by atoms with E-state index in [1.165, 1.54) is 11.8 Å². The van der Waals surface area contributed by atoms with Gasteiger partial charge < -0.3 is 5.32 Å². The van der Waals surface area contributed by atoms with Crippen LogP contribution in [0.15, 0.2) is 57.9 Å². The fraction of sp³-hybridized carbons (Fsp3) is 0.238. The second-order valence-electron chi connectivity index (χ2n) is 7.23. The molecule has 4 heterocycles. The van der Waals surface area contributed by atoms with Crippen molar-refractivity contribution >= 4 is 40.0 Å². The Morgan fingerprint density at radius 3 is 3.00 bits per heavy atom. The minimum atomic E-state index is -0.208. The zero-order valence-corrected chi connectivity index (χ0v) is 17.9. The highest BCUT2D eigenvalue weighted by Crippen LogP contribution is 2.33. The van der Waals surface area contributed by atoms with Crippen molar-refractivity contribution in [1.82, 2.24) is 24.6 Å². The van der Waals surface area contributed by atoms with Gasteiger partial charge in [-0.1, -0.05) is 30.0 Å². The number of nitrogens with zero attached hydrogens (tertiary/aromatic N) is 4. The number of hydrogen-bond donors (Lipinski definition) is 1. The molecule has 1 aromatic carbocycles. The third-order valence-corrected chi connectivity index (χ3v) is 7.05. The van der Waals surface area contributed by atoms with Crippen LogP contribution in [-0.4, -0.2) is 31.0 Å². The summed E-state index contributed by atoms with van der Waals surface area (Å²) in [6, 6.07) is 11.7. The molecule has 0 bridgehead atoms. The largest absolute Gasteiger partial charge is 0.351 e. The van der Waals surface area contributed by atoms with E-state index in [0.717, 1.165) is 16.1 Å². The first-order valence-electron chi connectivity index (χ1n) is 9.59. The first-order valence-corrected chi connectivity index (χ1v) is 11.5. The molecular weight excluding hydrogens is 418 g/mol. The normalized spacial score (nSPS) is 15.4. The maximum absolute atomic E-state index is 13.2. The first kappa shape index (κ1) is 19.1. The van der Waals surface area contributed by atoms with Crippen molar-refractivity contribution in [3.05, 3.63) is 68.8 Å². The molecular formula is C21H19N5O2S2. The Hall–Kier alpha value is -2.91. The number of rotatable bonds is 5. The zero-order valence-electron chi connectivity index (χ0n) is 16.2. The molecule has 152 valence electrons. The summed E-state index contributed by atoms with van der Waals surface area (Å²) in [4.78, 5) is 31.5. The molecule has 5 rings (SSSR count). The van der Waals surface area contributed by atoms with Gasteiger partial charge in [-0.2, -0.15) is 5.10 Å². The number of amides is 1. The number of aromatic nitrogens is 4. The van der Waals surface area contributed by atoms with Gasteiger partial charge in [0.05, 0.1) is 24.5 Å². The van der Waals surface area contributed by atoms with E-state index in [9.17, 15) is 9.59 Å². The fourth-order valence-corrected chi connectivity index (χ4v) is 5.39. The van der Waals surface area contributed by atoms with Crippen molar-refractivity contribution < 1.29 is 4.79 Å². The Morgan fingerprint density at radius 2 is 2.20 bits per heavy atom. The molecule has 0 saturated carbocycles. The van der Waals surface area contributed by atoms with E-state index in [2.05, 4.69) is 10.4 Å². The number of carbonyl (C=O) groups is 1. The lowest BCUT2D eigenvalue weighted by Gasteiger charge is -2.13. The smallest absolute Gasteiger partial charge is 0.265 e. The van der Waals surface area contributed by atoms with E-state index < -0.39 is 0 Å². The van der Waals surface area contributed by atoms with Crippen LogP contribution in [0.2, 0.25) is 0 Å². The van der Waals surface area contributed by atoms with Gasteiger partial charge in [0.25, 0.3) is 5.56 Å². The highest BCUT2D eigenvalue weighted by atomic mass is 32.2. The lowest BCUT2D eigenvalue weighted by atomic mass is 10.2. The average molecular weight is 438 g/mol. The van der Waals surface area contributed by atoms with E-state index in [4.69, 9.17) is 4.98 Å². The van der Waals surface area contributed by atoms with Crippen LogP contribution >= 0.6 is 23.1 Å². The summed E-state index contributed by atoms with van der Waals surface area (Å²) in [6.07, 6.45) is 1.82. The van der Waals surface area contributed by atoms with Crippen LogP contribution in [0.4, 0.5) is 0 Å². The monoisotopic (exact) mass is 437 g/mol. The summed E-state index contributed by atoms with van der Waals surface area (Å²) in [5, 5.41) is 10.4. The summed E-state index contributed by atoms with van der Waals surface area (Å²) < 4.78 is 3.35. The SMILES string of the molecule is Cc1cccc(-n2ncc3c(=O)n4c(nc32)SC[C@@H]4CC(=O)NCc2cccs2)c1. The minimum absolute atomic E-state index is 0.0655. The van der Waals surface area contributed by atoms with Gasteiger partial charge in [0.15, 0.2) is 10.8 Å². The maximum atomic E-state index is 13.2. The van der Waals surface area contributed by atoms with Crippen LogP contribution in [0.1, 0.15) is 22.9 Å². The lowest BCUT2D eigenvalue weighted by molar-refractivity contribution is -0.121. The number of thioether (sulfide) groups is 1. The fourth-order valence-electron chi connectivity index (χ4n) is 3.61. The standard InChI is InChI=1S/C21H19N5O2S2/c1-13-4-2-5-14(8-13)26-19-17(11-23-26)20(28)25-15(12-30-21(25)24-19)9-18(27)22-10-16-6-3-7-29-16/h2-8,11,15H,9-10,12H2,1H3,(H,22,27)/t15-/m0/s1. The molecule has 0 radical (unpaired) electrons. The van der Waals surface area contributed by atoms with E-state index in [1.54, 1.807) is 26.8 Å². The molecule has 0 aliphatic carbocycles. The quantitative estimate of drug-likeness (QED) is 0.485. The van der Waals surface area contributed by atoms with Crippen LogP contribution in [0, 0.1) is 6.92 Å². The van der Waals surface area contributed by atoms with E-state index in [0.29, 0.717) is 28.5 Å². The molecule has 1 N–H and O–H groups in total. The number of aryl methyl sites for hydroxylation is 1. The Labute approximate surface area is 180 Å². The van der Waals surface area contributed by atoms with Crippen molar-refractivity contribution in [2.24, 2.45) is 0 Å². The summed E-state index contributed by atoms with van der Waals surface area (Å²) >= 11 is 3.11. The molecule has 1 aliphatic rings. The Balaban J connectivity index is 1.43. The van der Waals surface area contributed by atoms with Crippen molar-refractivity contribution in [3.63, 3.8) is 0 Å². The highest BCUT2D eigenvalue weighted by molar-refractivity contribution is 7.99. The molecule has 0 saturated heterocycles. The van der Waals surface area contributed by atoms with Crippen LogP contribution in [0.3, 0.4) is 0 Å². The Morgan fingerprint density at radius 1 is 1.30 bits per heavy atom. The van der Waals surface area contributed by atoms with E-state index in [1.807, 2.05) is 48.7 Å². The number of carbonyl (C=O) groups excluding carboxylic acids is 1. The maximum Gasteiger partial charge on any atom is 0.265 e. The van der Waals surface area contributed by atoms with Gasteiger partial charge in [0, 0.05) is 17.1 Å². The second-order valence-corrected chi connectivity index (χ2v) is 9.25. The molecule has 1 aliphatic heterocycles. The van der Waals surface area contributed by atoms with E-state index in [-0.39, 0.29) is 23.9 Å². The molecule has 7 nitrogen and oxygen atoms in total. The van der Waals surface area contributed by atoms with Gasteiger partial charge in [-0.3, -0.25) is 14.2 Å². The topological polar surface area (TPSA) is 81.8 Å². The zero-order chi connectivity index (χ0) is 20.7. The highest BCUT2D eigenvalue weighted by Gasteiger charge is 2.29. The van der Waals surface area contributed by atoms with Gasteiger partial charge in [-0.15, -0.1) is 11.3 Å². The lowest BCUT2D eigenvalue weighted by Crippen LogP contribution is -2.30. The Kier molecular flexibility index (Phi) is 4.92. The van der Waals surface area contributed by atoms with Crippen molar-refractivity contribution in [3.8, 4) is 5.69 Å². The van der Waals surface area contributed by atoms with Crippen LogP contribution in [0.25, 0.3) is 16.7 Å². The van der Waals surface area contributed by atoms with Crippen molar-refractivity contribution in [2.75, 3.05) is 5.75 Å². The molecule has 3 aromatic heterocycles. The predicted molar refractivity (Wildman–Crippen MR) is 118 cm³/mol. The van der Waals surface area contributed by atoms with Gasteiger partial charge in [0.1, 0.15) is 5.39 Å². The molecule has 1 amide bonds. The van der Waals surface area contributed by atoms with Gasteiger partial charge in [-0.05, 0) is 36.1 Å². The number of hydrogen-bond acceptors (Lipinski definition) is 6. The number of thiophene rings is 1. The molecule has 0 unspecified atom stereocenters.